The van der Waals surface area contributed by atoms with Crippen LogP contribution in [0.5, 0.6) is 0 Å². The number of fused-ring (bicyclic) bond motifs is 1. The third kappa shape index (κ3) is 2.59. The van der Waals surface area contributed by atoms with E-state index in [-0.39, 0.29) is 0 Å². The number of nitrogens with one attached hydrogen (secondary N) is 2. The maximum absolute atomic E-state index is 6.02. The minimum atomic E-state index is 0.793. The fourth-order valence-electron chi connectivity index (χ4n) is 3.45. The molecule has 0 atom stereocenters. The summed E-state index contributed by atoms with van der Waals surface area (Å²) >= 11 is 6.02. The van der Waals surface area contributed by atoms with Crippen LogP contribution < -0.4 is 5.32 Å². The van der Waals surface area contributed by atoms with Crippen molar-refractivity contribution in [3.05, 3.63) is 35.0 Å². The summed E-state index contributed by atoms with van der Waals surface area (Å²) in [5, 5.41) is 5.77. The van der Waals surface area contributed by atoms with E-state index in [9.17, 15) is 0 Å². The van der Waals surface area contributed by atoms with Crippen molar-refractivity contribution < 1.29 is 0 Å². The summed E-state index contributed by atoms with van der Waals surface area (Å²) in [4.78, 5) is 3.31. The molecule has 2 aliphatic rings. The molecule has 0 saturated heterocycles. The summed E-state index contributed by atoms with van der Waals surface area (Å²) in [6, 6.07) is 6.08. The van der Waals surface area contributed by atoms with Crippen molar-refractivity contribution in [1.82, 2.24) is 10.3 Å². The Morgan fingerprint density at radius 2 is 1.95 bits per heavy atom. The van der Waals surface area contributed by atoms with Crippen LogP contribution in [0.1, 0.15) is 31.2 Å². The first-order valence-corrected chi connectivity index (χ1v) is 8.15. The quantitative estimate of drug-likeness (QED) is 0.813. The lowest BCUT2D eigenvalue weighted by atomic mass is 9.98. The van der Waals surface area contributed by atoms with Gasteiger partial charge in [0, 0.05) is 28.7 Å². The molecule has 1 aromatic heterocycles. The number of hydrogen-bond donors (Lipinski definition) is 2. The Bertz CT molecular complexity index is 598. The summed E-state index contributed by atoms with van der Waals surface area (Å²) in [5.74, 6) is 2.99. The van der Waals surface area contributed by atoms with E-state index < -0.39 is 0 Å². The van der Waals surface area contributed by atoms with Gasteiger partial charge in [-0.25, -0.2) is 0 Å². The van der Waals surface area contributed by atoms with E-state index in [2.05, 4.69) is 22.6 Å². The standard InChI is InChI=1S/C17H21ClN2/c18-14-5-6-15-13(9-20-17(15)7-14)8-19-10-16(11-1-2-11)12-3-4-12/h5-7,9,11-12,16,19-20H,1-4,8,10H2. The molecule has 0 spiro atoms. The molecule has 0 unspecified atom stereocenters. The fourth-order valence-corrected chi connectivity index (χ4v) is 3.62. The number of halogens is 1. The number of hydrogen-bond acceptors (Lipinski definition) is 1. The Kier molecular flexibility index (Phi) is 3.24. The molecule has 1 aromatic carbocycles. The topological polar surface area (TPSA) is 27.8 Å². The summed E-state index contributed by atoms with van der Waals surface area (Å²) < 4.78 is 0. The largest absolute Gasteiger partial charge is 0.361 e. The van der Waals surface area contributed by atoms with Crippen LogP contribution in [0.25, 0.3) is 10.9 Å². The van der Waals surface area contributed by atoms with Gasteiger partial charge < -0.3 is 10.3 Å². The number of rotatable bonds is 6. The molecule has 0 radical (unpaired) electrons. The van der Waals surface area contributed by atoms with Gasteiger partial charge in [-0.05, 0) is 67.7 Å². The van der Waals surface area contributed by atoms with Crippen molar-refractivity contribution in [1.29, 1.82) is 0 Å². The van der Waals surface area contributed by atoms with Crippen LogP contribution in [0.2, 0.25) is 5.02 Å². The molecule has 2 aliphatic carbocycles. The van der Waals surface area contributed by atoms with Crippen molar-refractivity contribution in [2.45, 2.75) is 32.2 Å². The zero-order chi connectivity index (χ0) is 13.5. The third-order valence-corrected chi connectivity index (χ3v) is 5.12. The summed E-state index contributed by atoms with van der Waals surface area (Å²) in [6.45, 7) is 2.15. The van der Waals surface area contributed by atoms with E-state index in [0.717, 1.165) is 34.8 Å². The number of aromatic nitrogens is 1. The Morgan fingerprint density at radius 1 is 1.20 bits per heavy atom. The van der Waals surface area contributed by atoms with Gasteiger partial charge in [0.05, 0.1) is 0 Å². The molecule has 2 aromatic rings. The molecule has 2 saturated carbocycles. The molecule has 2 N–H and O–H groups in total. The third-order valence-electron chi connectivity index (χ3n) is 4.88. The second-order valence-corrected chi connectivity index (χ2v) is 6.91. The van der Waals surface area contributed by atoms with Gasteiger partial charge in [0.1, 0.15) is 0 Å². The average Bonchev–Trinajstić information content (AvgIpc) is 3.33. The Hall–Kier alpha value is -0.990. The predicted molar refractivity (Wildman–Crippen MR) is 84.0 cm³/mol. The highest BCUT2D eigenvalue weighted by Gasteiger charge is 2.40. The van der Waals surface area contributed by atoms with E-state index in [1.54, 1.807) is 0 Å². The molecule has 106 valence electrons. The van der Waals surface area contributed by atoms with Crippen LogP contribution in [-0.4, -0.2) is 11.5 Å². The first-order chi connectivity index (χ1) is 9.81. The zero-order valence-electron chi connectivity index (χ0n) is 11.7. The van der Waals surface area contributed by atoms with Crippen LogP contribution >= 0.6 is 11.6 Å². The molecule has 2 nitrogen and oxygen atoms in total. The molecule has 0 bridgehead atoms. The molecule has 0 aliphatic heterocycles. The van der Waals surface area contributed by atoms with Gasteiger partial charge in [-0.3, -0.25) is 0 Å². The molecule has 1 heterocycles. The Balaban J connectivity index is 1.40. The zero-order valence-corrected chi connectivity index (χ0v) is 12.4. The highest BCUT2D eigenvalue weighted by Crippen LogP contribution is 2.48. The van der Waals surface area contributed by atoms with Crippen molar-refractivity contribution in [3.63, 3.8) is 0 Å². The molecule has 3 heteroatoms. The predicted octanol–water partition coefficient (Wildman–Crippen LogP) is 4.35. The van der Waals surface area contributed by atoms with Gasteiger partial charge in [0.2, 0.25) is 0 Å². The number of aromatic amines is 1. The Morgan fingerprint density at radius 3 is 2.65 bits per heavy atom. The summed E-state index contributed by atoms with van der Waals surface area (Å²) in [6.07, 6.45) is 7.98. The van der Waals surface area contributed by atoms with E-state index in [1.165, 1.54) is 43.2 Å². The van der Waals surface area contributed by atoms with Crippen LogP contribution in [0.4, 0.5) is 0 Å². The molecular formula is C17H21ClN2. The second kappa shape index (κ2) is 5.09. The van der Waals surface area contributed by atoms with Crippen molar-refractivity contribution in [3.8, 4) is 0 Å². The van der Waals surface area contributed by atoms with Crippen LogP contribution in [0, 0.1) is 17.8 Å². The van der Waals surface area contributed by atoms with E-state index in [4.69, 9.17) is 11.6 Å². The van der Waals surface area contributed by atoms with Crippen molar-refractivity contribution in [2.75, 3.05) is 6.54 Å². The van der Waals surface area contributed by atoms with Crippen molar-refractivity contribution >= 4 is 22.5 Å². The SMILES string of the molecule is Clc1ccc2c(CNCC(C3CC3)C3CC3)c[nH]c2c1. The average molecular weight is 289 g/mol. The maximum atomic E-state index is 6.02. The molecular weight excluding hydrogens is 268 g/mol. The lowest BCUT2D eigenvalue weighted by molar-refractivity contribution is 0.379. The summed E-state index contributed by atoms with van der Waals surface area (Å²) in [5.41, 5.74) is 2.48. The molecule has 0 amide bonds. The van der Waals surface area contributed by atoms with E-state index in [0.29, 0.717) is 0 Å². The van der Waals surface area contributed by atoms with Gasteiger partial charge in [0.15, 0.2) is 0 Å². The van der Waals surface area contributed by atoms with Crippen LogP contribution in [0.15, 0.2) is 24.4 Å². The lowest BCUT2D eigenvalue weighted by Gasteiger charge is -2.16. The highest BCUT2D eigenvalue weighted by molar-refractivity contribution is 6.31. The minimum Gasteiger partial charge on any atom is -0.361 e. The van der Waals surface area contributed by atoms with Gasteiger partial charge in [-0.1, -0.05) is 17.7 Å². The molecule has 4 rings (SSSR count). The minimum absolute atomic E-state index is 0.793. The van der Waals surface area contributed by atoms with Gasteiger partial charge in [-0.2, -0.15) is 0 Å². The first-order valence-electron chi connectivity index (χ1n) is 7.77. The lowest BCUT2D eigenvalue weighted by Crippen LogP contribution is -2.25. The van der Waals surface area contributed by atoms with Gasteiger partial charge >= 0.3 is 0 Å². The molecule has 2 fully saturated rings. The number of benzene rings is 1. The maximum Gasteiger partial charge on any atom is 0.0472 e. The second-order valence-electron chi connectivity index (χ2n) is 6.47. The monoisotopic (exact) mass is 288 g/mol. The van der Waals surface area contributed by atoms with Crippen LogP contribution in [0.3, 0.4) is 0 Å². The fraction of sp³-hybridized carbons (Fsp3) is 0.529. The number of H-pyrrole nitrogens is 1. The Labute approximate surface area is 124 Å². The van der Waals surface area contributed by atoms with Gasteiger partial charge in [-0.15, -0.1) is 0 Å². The highest BCUT2D eigenvalue weighted by atomic mass is 35.5. The van der Waals surface area contributed by atoms with Crippen LogP contribution in [-0.2, 0) is 6.54 Å². The first kappa shape index (κ1) is 12.7. The van der Waals surface area contributed by atoms with Gasteiger partial charge in [0.25, 0.3) is 0 Å². The smallest absolute Gasteiger partial charge is 0.0472 e. The summed E-state index contributed by atoms with van der Waals surface area (Å²) in [7, 11) is 0. The van der Waals surface area contributed by atoms with E-state index in [1.807, 2.05) is 12.1 Å². The van der Waals surface area contributed by atoms with Crippen molar-refractivity contribution in [2.24, 2.45) is 17.8 Å². The normalized spacial score (nSPS) is 19.1. The van der Waals surface area contributed by atoms with E-state index >= 15 is 0 Å². The molecule has 20 heavy (non-hydrogen) atoms.